The van der Waals surface area contributed by atoms with Gasteiger partial charge in [-0.25, -0.2) is 0 Å². The molecule has 6 heteroatoms. The number of carbonyl (C=O) groups is 1. The number of aromatic nitrogens is 1. The normalized spacial score (nSPS) is 10.1. The van der Waals surface area contributed by atoms with Crippen molar-refractivity contribution in [3.63, 3.8) is 0 Å². The molecule has 0 aliphatic carbocycles. The predicted octanol–water partition coefficient (Wildman–Crippen LogP) is 4.80. The summed E-state index contributed by atoms with van der Waals surface area (Å²) in [4.78, 5) is 15.1. The number of hydrogen-bond acceptors (Lipinski definition) is 4. The molecule has 2 aromatic carbocycles. The van der Waals surface area contributed by atoms with Crippen LogP contribution >= 0.6 is 12.2 Å². The number of nitrogens with one attached hydrogen (secondary N) is 2. The Bertz CT molecular complexity index is 936. The van der Waals surface area contributed by atoms with Crippen LogP contribution in [0.2, 0.25) is 0 Å². The number of anilines is 1. The number of amides is 1. The van der Waals surface area contributed by atoms with Crippen molar-refractivity contribution in [1.82, 2.24) is 4.98 Å². The van der Waals surface area contributed by atoms with E-state index >= 15 is 0 Å². The lowest BCUT2D eigenvalue weighted by atomic mass is 10.2. The average Bonchev–Trinajstić information content (AvgIpc) is 2.64. The summed E-state index contributed by atoms with van der Waals surface area (Å²) < 4.78 is 11.5. The zero-order valence-corrected chi connectivity index (χ0v) is 14.3. The van der Waals surface area contributed by atoms with Crippen LogP contribution in [0.4, 0.5) is 5.69 Å². The Balaban J connectivity index is 1.71. The van der Waals surface area contributed by atoms with E-state index in [1.54, 1.807) is 49.7 Å². The Hall–Kier alpha value is -3.12. The van der Waals surface area contributed by atoms with E-state index in [2.05, 4.69) is 10.3 Å². The molecule has 1 heterocycles. The Morgan fingerprint density at radius 2 is 1.72 bits per heavy atom. The second kappa shape index (κ2) is 7.63. The Labute approximate surface area is 150 Å². The lowest BCUT2D eigenvalue weighted by Gasteiger charge is -2.11. The van der Waals surface area contributed by atoms with Gasteiger partial charge in [0.05, 0.1) is 12.7 Å². The smallest absolute Gasteiger partial charge is 0.258 e. The van der Waals surface area contributed by atoms with Crippen molar-refractivity contribution in [2.24, 2.45) is 0 Å². The number of aromatic amines is 1. The summed E-state index contributed by atoms with van der Waals surface area (Å²) in [5.74, 6) is 1.65. The standard InChI is InChI=1S/C19H16N2O3S/c1-23-16-6-2-3-7-17(16)24-14-10-8-13(9-11-14)21-18(22)15-5-4-12-20-19(15)25/h2-12H,1H3,(H,20,25)(H,21,22). The molecule has 3 aromatic rings. The molecule has 0 atom stereocenters. The second-order valence-corrected chi connectivity index (χ2v) is 5.55. The molecule has 1 amide bonds. The van der Waals surface area contributed by atoms with Gasteiger partial charge in [0, 0.05) is 11.9 Å². The molecule has 25 heavy (non-hydrogen) atoms. The van der Waals surface area contributed by atoms with E-state index in [1.807, 2.05) is 24.3 Å². The number of methoxy groups -OCH3 is 1. The van der Waals surface area contributed by atoms with Crippen molar-refractivity contribution in [1.29, 1.82) is 0 Å². The first-order valence-corrected chi connectivity index (χ1v) is 7.98. The fourth-order valence-electron chi connectivity index (χ4n) is 2.24. The minimum absolute atomic E-state index is 0.264. The number of H-pyrrole nitrogens is 1. The van der Waals surface area contributed by atoms with Crippen molar-refractivity contribution in [3.05, 3.63) is 77.1 Å². The van der Waals surface area contributed by atoms with Gasteiger partial charge in [-0.05, 0) is 48.5 Å². The van der Waals surface area contributed by atoms with Crippen molar-refractivity contribution in [2.45, 2.75) is 0 Å². The maximum Gasteiger partial charge on any atom is 0.258 e. The van der Waals surface area contributed by atoms with E-state index in [9.17, 15) is 4.79 Å². The molecular formula is C19H16N2O3S. The largest absolute Gasteiger partial charge is 0.493 e. The lowest BCUT2D eigenvalue weighted by molar-refractivity contribution is 0.102. The van der Waals surface area contributed by atoms with E-state index in [4.69, 9.17) is 21.7 Å². The van der Waals surface area contributed by atoms with Crippen molar-refractivity contribution in [2.75, 3.05) is 12.4 Å². The zero-order valence-electron chi connectivity index (χ0n) is 13.5. The third-order valence-corrected chi connectivity index (χ3v) is 3.81. The molecule has 0 unspecified atom stereocenters. The monoisotopic (exact) mass is 352 g/mol. The molecule has 1 aromatic heterocycles. The van der Waals surface area contributed by atoms with Crippen LogP contribution in [0, 0.1) is 4.64 Å². The summed E-state index contributed by atoms with van der Waals surface area (Å²) in [6, 6.07) is 17.9. The summed E-state index contributed by atoms with van der Waals surface area (Å²) in [6.45, 7) is 0. The molecule has 0 saturated carbocycles. The third kappa shape index (κ3) is 4.05. The van der Waals surface area contributed by atoms with Gasteiger partial charge in [-0.2, -0.15) is 0 Å². The van der Waals surface area contributed by atoms with Crippen LogP contribution in [0.25, 0.3) is 0 Å². The summed E-state index contributed by atoms with van der Waals surface area (Å²) in [6.07, 6.45) is 1.68. The topological polar surface area (TPSA) is 63.4 Å². The van der Waals surface area contributed by atoms with Gasteiger partial charge in [-0.3, -0.25) is 4.79 Å². The number of pyridine rings is 1. The Morgan fingerprint density at radius 3 is 2.40 bits per heavy atom. The number of rotatable bonds is 5. The van der Waals surface area contributed by atoms with Crippen molar-refractivity contribution < 1.29 is 14.3 Å². The molecule has 0 fully saturated rings. The van der Waals surface area contributed by atoms with Gasteiger partial charge in [0.15, 0.2) is 11.5 Å². The van der Waals surface area contributed by atoms with Gasteiger partial charge in [0.1, 0.15) is 10.4 Å². The van der Waals surface area contributed by atoms with Crippen LogP contribution in [0.5, 0.6) is 17.2 Å². The minimum Gasteiger partial charge on any atom is -0.493 e. The van der Waals surface area contributed by atoms with Crippen LogP contribution in [-0.4, -0.2) is 18.0 Å². The number of ether oxygens (including phenoxy) is 2. The molecule has 5 nitrogen and oxygen atoms in total. The highest BCUT2D eigenvalue weighted by Gasteiger charge is 2.08. The fourth-order valence-corrected chi connectivity index (χ4v) is 2.46. The predicted molar refractivity (Wildman–Crippen MR) is 99.1 cm³/mol. The van der Waals surface area contributed by atoms with Crippen LogP contribution in [-0.2, 0) is 0 Å². The third-order valence-electron chi connectivity index (χ3n) is 3.47. The van der Waals surface area contributed by atoms with Gasteiger partial charge in [-0.1, -0.05) is 24.4 Å². The van der Waals surface area contributed by atoms with E-state index in [1.165, 1.54) is 0 Å². The summed E-state index contributed by atoms with van der Waals surface area (Å²) >= 11 is 5.11. The van der Waals surface area contributed by atoms with Gasteiger partial charge < -0.3 is 19.8 Å². The van der Waals surface area contributed by atoms with Gasteiger partial charge in [0.25, 0.3) is 5.91 Å². The average molecular weight is 352 g/mol. The quantitative estimate of drug-likeness (QED) is 0.648. The fraction of sp³-hybridized carbons (Fsp3) is 0.0526. The van der Waals surface area contributed by atoms with E-state index in [-0.39, 0.29) is 5.91 Å². The van der Waals surface area contributed by atoms with Crippen LogP contribution in [0.15, 0.2) is 66.9 Å². The molecule has 0 radical (unpaired) electrons. The summed E-state index contributed by atoms with van der Waals surface area (Å²) in [5, 5.41) is 2.81. The molecule has 0 saturated heterocycles. The van der Waals surface area contributed by atoms with Gasteiger partial charge >= 0.3 is 0 Å². The van der Waals surface area contributed by atoms with E-state index in [0.29, 0.717) is 33.1 Å². The minimum atomic E-state index is -0.264. The van der Waals surface area contributed by atoms with E-state index in [0.717, 1.165) is 0 Å². The van der Waals surface area contributed by atoms with Crippen LogP contribution in [0.1, 0.15) is 10.4 Å². The summed E-state index contributed by atoms with van der Waals surface area (Å²) in [5.41, 5.74) is 1.07. The number of para-hydroxylation sites is 2. The Kier molecular flexibility index (Phi) is 5.11. The Morgan fingerprint density at radius 1 is 1.00 bits per heavy atom. The van der Waals surface area contributed by atoms with Crippen molar-refractivity contribution in [3.8, 4) is 17.2 Å². The molecule has 2 N–H and O–H groups in total. The molecule has 3 rings (SSSR count). The van der Waals surface area contributed by atoms with Crippen LogP contribution in [0.3, 0.4) is 0 Å². The highest BCUT2D eigenvalue weighted by Crippen LogP contribution is 2.31. The highest BCUT2D eigenvalue weighted by atomic mass is 32.1. The summed E-state index contributed by atoms with van der Waals surface area (Å²) in [7, 11) is 1.59. The molecule has 0 spiro atoms. The first kappa shape index (κ1) is 16.7. The molecular weight excluding hydrogens is 336 g/mol. The van der Waals surface area contributed by atoms with E-state index < -0.39 is 0 Å². The van der Waals surface area contributed by atoms with Gasteiger partial charge in [-0.15, -0.1) is 0 Å². The first-order chi connectivity index (χ1) is 12.2. The maximum absolute atomic E-state index is 12.2. The first-order valence-electron chi connectivity index (χ1n) is 7.57. The maximum atomic E-state index is 12.2. The molecule has 126 valence electrons. The SMILES string of the molecule is COc1ccccc1Oc1ccc(NC(=O)c2ccc[nH]c2=S)cc1. The number of carbonyl (C=O) groups excluding carboxylic acids is 1. The highest BCUT2D eigenvalue weighted by molar-refractivity contribution is 7.71. The number of benzene rings is 2. The lowest BCUT2D eigenvalue weighted by Crippen LogP contribution is -2.12. The number of hydrogen-bond donors (Lipinski definition) is 2. The van der Waals surface area contributed by atoms with Crippen molar-refractivity contribution >= 4 is 23.8 Å². The molecule has 0 aliphatic rings. The second-order valence-electron chi connectivity index (χ2n) is 5.14. The molecule has 0 bridgehead atoms. The van der Waals surface area contributed by atoms with Gasteiger partial charge in [0.2, 0.25) is 0 Å². The zero-order chi connectivity index (χ0) is 17.6. The van der Waals surface area contributed by atoms with Crippen LogP contribution < -0.4 is 14.8 Å². The molecule has 0 aliphatic heterocycles.